The fourth-order valence-corrected chi connectivity index (χ4v) is 3.26. The molecule has 162 valence electrons. The van der Waals surface area contributed by atoms with Crippen molar-refractivity contribution < 1.29 is 14.3 Å². The minimum Gasteiger partial charge on any atom is -0.489 e. The summed E-state index contributed by atoms with van der Waals surface area (Å²) in [6, 6.07) is 12.0. The van der Waals surface area contributed by atoms with Gasteiger partial charge in [0.2, 0.25) is 0 Å². The van der Waals surface area contributed by atoms with Crippen molar-refractivity contribution in [2.45, 2.75) is 12.6 Å². The molecule has 2 aromatic carbocycles. The van der Waals surface area contributed by atoms with E-state index in [-0.39, 0.29) is 18.2 Å². The van der Waals surface area contributed by atoms with Crippen LogP contribution in [0.15, 0.2) is 65.0 Å². The average Bonchev–Trinajstić information content (AvgIpc) is 2.93. The molecule has 1 atom stereocenters. The summed E-state index contributed by atoms with van der Waals surface area (Å²) in [5.74, 6) is 4.87. The predicted molar refractivity (Wildman–Crippen MR) is 121 cm³/mol. The van der Waals surface area contributed by atoms with Gasteiger partial charge in [0, 0.05) is 25.5 Å². The molecule has 32 heavy (non-hydrogen) atoms. The van der Waals surface area contributed by atoms with Crippen molar-refractivity contribution in [3.63, 3.8) is 0 Å². The number of benzene rings is 2. The molecular weight excluding hydrogens is 410 g/mol. The van der Waals surface area contributed by atoms with Crippen LogP contribution in [-0.4, -0.2) is 53.4 Å². The highest BCUT2D eigenvalue weighted by molar-refractivity contribution is 6.60. The van der Waals surface area contributed by atoms with Crippen LogP contribution in [0.4, 0.5) is 5.69 Å². The first kappa shape index (κ1) is 20.9. The van der Waals surface area contributed by atoms with Crippen molar-refractivity contribution >= 4 is 40.5 Å². The molecule has 1 aromatic heterocycles. The van der Waals surface area contributed by atoms with Crippen LogP contribution in [-0.2, 0) is 16.1 Å². The van der Waals surface area contributed by atoms with Gasteiger partial charge in [0.25, 0.3) is 11.8 Å². The third-order valence-corrected chi connectivity index (χ3v) is 4.95. The zero-order chi connectivity index (χ0) is 22.5. The number of ether oxygens (including phenoxy) is 1. The van der Waals surface area contributed by atoms with E-state index < -0.39 is 11.9 Å². The SMILES string of the molecule is CN1C(=O)C(NC(=O)C(C=NCc2ccccc2)=NN)COc2cc3nccnc3cc21. The van der Waals surface area contributed by atoms with Gasteiger partial charge in [-0.25, -0.2) is 0 Å². The number of fused-ring (bicyclic) bond motifs is 2. The Morgan fingerprint density at radius 2 is 1.97 bits per heavy atom. The summed E-state index contributed by atoms with van der Waals surface area (Å²) in [6.07, 6.45) is 4.44. The molecule has 0 saturated heterocycles. The molecule has 0 radical (unpaired) electrons. The molecule has 1 unspecified atom stereocenters. The molecule has 0 saturated carbocycles. The number of nitrogens with two attached hydrogens (primary N) is 1. The summed E-state index contributed by atoms with van der Waals surface area (Å²) < 4.78 is 5.81. The van der Waals surface area contributed by atoms with E-state index in [9.17, 15) is 9.59 Å². The van der Waals surface area contributed by atoms with E-state index in [0.717, 1.165) is 5.56 Å². The van der Waals surface area contributed by atoms with E-state index in [1.165, 1.54) is 11.1 Å². The molecule has 1 aliphatic heterocycles. The number of hydrazone groups is 1. The molecule has 2 heterocycles. The zero-order valence-electron chi connectivity index (χ0n) is 17.3. The summed E-state index contributed by atoms with van der Waals surface area (Å²) in [6.45, 7) is 0.305. The number of nitrogens with one attached hydrogen (secondary N) is 1. The van der Waals surface area contributed by atoms with E-state index in [0.29, 0.717) is 29.0 Å². The number of carbonyl (C=O) groups is 2. The number of hydrogen-bond acceptors (Lipinski definition) is 8. The van der Waals surface area contributed by atoms with Crippen LogP contribution in [0.1, 0.15) is 5.56 Å². The van der Waals surface area contributed by atoms with Gasteiger partial charge in [0.05, 0.1) is 29.5 Å². The zero-order valence-corrected chi connectivity index (χ0v) is 17.3. The second-order valence-corrected chi connectivity index (χ2v) is 7.07. The Kier molecular flexibility index (Phi) is 6.02. The molecule has 0 spiro atoms. The van der Waals surface area contributed by atoms with Crippen molar-refractivity contribution in [3.05, 3.63) is 60.4 Å². The summed E-state index contributed by atoms with van der Waals surface area (Å²) in [4.78, 5) is 39.8. The second-order valence-electron chi connectivity index (χ2n) is 7.07. The third kappa shape index (κ3) is 4.38. The first-order valence-electron chi connectivity index (χ1n) is 9.84. The highest BCUT2D eigenvalue weighted by atomic mass is 16.5. The molecule has 0 aliphatic carbocycles. The molecule has 0 fully saturated rings. The Balaban J connectivity index is 1.47. The normalized spacial score (nSPS) is 16.5. The Morgan fingerprint density at radius 1 is 1.25 bits per heavy atom. The summed E-state index contributed by atoms with van der Waals surface area (Å²) in [5, 5.41) is 6.13. The highest BCUT2D eigenvalue weighted by Gasteiger charge is 2.31. The lowest BCUT2D eigenvalue weighted by Gasteiger charge is -2.20. The lowest BCUT2D eigenvalue weighted by atomic mass is 10.2. The van der Waals surface area contributed by atoms with E-state index in [2.05, 4.69) is 25.4 Å². The Morgan fingerprint density at radius 3 is 2.69 bits per heavy atom. The fourth-order valence-electron chi connectivity index (χ4n) is 3.26. The highest BCUT2D eigenvalue weighted by Crippen LogP contribution is 2.33. The van der Waals surface area contributed by atoms with Gasteiger partial charge in [0.1, 0.15) is 18.4 Å². The van der Waals surface area contributed by atoms with Crippen molar-refractivity contribution in [2.24, 2.45) is 15.9 Å². The quantitative estimate of drug-likeness (QED) is 0.352. The standard InChI is InChI=1S/C22H21N7O3/c1-29-19-9-15-16(26-8-7-25-15)10-20(19)32-13-18(22(29)31)27-21(30)17(28-23)12-24-11-14-5-3-2-4-6-14/h2-10,12,18H,11,13,23H2,1H3,(H,27,30). The number of hydrogen-bond donors (Lipinski definition) is 2. The number of aliphatic imine (C=N–C) groups is 1. The van der Waals surface area contributed by atoms with Crippen LogP contribution in [0, 0.1) is 0 Å². The second kappa shape index (κ2) is 9.21. The Hall–Kier alpha value is -4.34. The minimum atomic E-state index is -0.941. The van der Waals surface area contributed by atoms with Gasteiger partial charge in [-0.15, -0.1) is 0 Å². The number of amides is 2. The van der Waals surface area contributed by atoms with E-state index in [1.54, 1.807) is 31.6 Å². The number of aromatic nitrogens is 2. The maximum Gasteiger partial charge on any atom is 0.274 e. The smallest absolute Gasteiger partial charge is 0.274 e. The number of carbonyl (C=O) groups excluding carboxylic acids is 2. The van der Waals surface area contributed by atoms with Crippen LogP contribution in [0.2, 0.25) is 0 Å². The van der Waals surface area contributed by atoms with Crippen LogP contribution in [0.5, 0.6) is 5.75 Å². The lowest BCUT2D eigenvalue weighted by molar-refractivity contribution is -0.124. The summed E-state index contributed by atoms with van der Waals surface area (Å²) >= 11 is 0. The van der Waals surface area contributed by atoms with Gasteiger partial charge < -0.3 is 20.8 Å². The van der Waals surface area contributed by atoms with Crippen LogP contribution < -0.4 is 20.8 Å². The topological polar surface area (TPSA) is 135 Å². The molecule has 3 aromatic rings. The molecule has 2 amide bonds. The van der Waals surface area contributed by atoms with Gasteiger partial charge in [-0.05, 0) is 11.6 Å². The van der Waals surface area contributed by atoms with Crippen LogP contribution in [0.25, 0.3) is 11.0 Å². The van der Waals surface area contributed by atoms with E-state index >= 15 is 0 Å². The van der Waals surface area contributed by atoms with Crippen molar-refractivity contribution in [3.8, 4) is 5.75 Å². The number of nitrogens with zero attached hydrogens (tertiary/aromatic N) is 5. The maximum absolute atomic E-state index is 13.0. The van der Waals surface area contributed by atoms with Gasteiger partial charge in [0.15, 0.2) is 5.71 Å². The van der Waals surface area contributed by atoms with E-state index in [1.807, 2.05) is 30.3 Å². The monoisotopic (exact) mass is 431 g/mol. The molecule has 4 rings (SSSR count). The first-order chi connectivity index (χ1) is 15.6. The predicted octanol–water partition coefficient (Wildman–Crippen LogP) is 1.06. The van der Waals surface area contributed by atoms with E-state index in [4.69, 9.17) is 10.6 Å². The average molecular weight is 431 g/mol. The van der Waals surface area contributed by atoms with Crippen LogP contribution >= 0.6 is 0 Å². The molecule has 10 nitrogen and oxygen atoms in total. The fraction of sp³-hybridized carbons (Fsp3) is 0.182. The molecule has 3 N–H and O–H groups in total. The largest absolute Gasteiger partial charge is 0.489 e. The van der Waals surface area contributed by atoms with Crippen molar-refractivity contribution in [2.75, 3.05) is 18.6 Å². The van der Waals surface area contributed by atoms with Gasteiger partial charge >= 0.3 is 0 Å². The Labute approximate surface area is 183 Å². The maximum atomic E-state index is 13.0. The van der Waals surface area contributed by atoms with Crippen molar-refractivity contribution in [1.82, 2.24) is 15.3 Å². The van der Waals surface area contributed by atoms with Gasteiger partial charge in [-0.3, -0.25) is 24.5 Å². The van der Waals surface area contributed by atoms with Gasteiger partial charge in [-0.2, -0.15) is 5.10 Å². The van der Waals surface area contributed by atoms with Gasteiger partial charge in [-0.1, -0.05) is 30.3 Å². The first-order valence-corrected chi connectivity index (χ1v) is 9.84. The number of anilines is 1. The third-order valence-electron chi connectivity index (χ3n) is 4.95. The molecular formula is C22H21N7O3. The summed E-state index contributed by atoms with van der Waals surface area (Å²) in [7, 11) is 1.61. The minimum absolute atomic E-state index is 0.0628. The number of rotatable bonds is 5. The lowest BCUT2D eigenvalue weighted by Crippen LogP contribution is -2.51. The number of likely N-dealkylation sites (N-methyl/N-ethyl adjacent to an activating group) is 1. The Bertz CT molecular complexity index is 1210. The molecule has 10 heteroatoms. The van der Waals surface area contributed by atoms with Crippen LogP contribution in [0.3, 0.4) is 0 Å². The summed E-state index contributed by atoms with van der Waals surface area (Å²) in [5.41, 5.74) is 2.68. The molecule has 1 aliphatic rings. The molecule has 0 bridgehead atoms. The van der Waals surface area contributed by atoms with Crippen molar-refractivity contribution in [1.29, 1.82) is 0 Å².